The molecule has 1 atom stereocenters. The molecule has 0 bridgehead atoms. The Morgan fingerprint density at radius 2 is 1.92 bits per heavy atom. The Kier molecular flexibility index (Phi) is 7.44. The third kappa shape index (κ3) is 5.56. The number of thiophene rings is 1. The van der Waals surface area contributed by atoms with Crippen molar-refractivity contribution in [1.82, 2.24) is 14.9 Å². The number of rotatable bonds is 8. The van der Waals surface area contributed by atoms with Gasteiger partial charge in [0.1, 0.15) is 17.0 Å². The highest BCUT2D eigenvalue weighted by Crippen LogP contribution is 2.38. The summed E-state index contributed by atoms with van der Waals surface area (Å²) < 4.78 is 44.6. The maximum absolute atomic E-state index is 12.9. The minimum Gasteiger partial charge on any atom is -0.374 e. The minimum absolute atomic E-state index is 0.0909. The van der Waals surface area contributed by atoms with Crippen molar-refractivity contribution in [2.75, 3.05) is 18.5 Å². The molecule has 0 saturated heterocycles. The van der Waals surface area contributed by atoms with Crippen LogP contribution in [0.1, 0.15) is 33.2 Å². The molecule has 2 aromatic heterocycles. The molecule has 10 heteroatoms. The monoisotopic (exact) mass is 538 g/mol. The lowest BCUT2D eigenvalue weighted by atomic mass is 10.0. The zero-order chi connectivity index (χ0) is 26.7. The van der Waals surface area contributed by atoms with Gasteiger partial charge in [0.2, 0.25) is 5.91 Å². The zero-order valence-corrected chi connectivity index (χ0v) is 21.2. The van der Waals surface area contributed by atoms with E-state index < -0.39 is 11.7 Å². The van der Waals surface area contributed by atoms with Gasteiger partial charge in [-0.2, -0.15) is 13.2 Å². The summed E-state index contributed by atoms with van der Waals surface area (Å²) in [5.41, 5.74) is 2.09. The van der Waals surface area contributed by atoms with Gasteiger partial charge < -0.3 is 15.0 Å². The van der Waals surface area contributed by atoms with Crippen LogP contribution in [0.25, 0.3) is 10.2 Å². The molecule has 1 unspecified atom stereocenters. The third-order valence-corrected chi connectivity index (χ3v) is 7.60. The fourth-order valence-electron chi connectivity index (χ4n) is 4.51. The smallest absolute Gasteiger partial charge is 0.374 e. The van der Waals surface area contributed by atoms with Gasteiger partial charge in [0, 0.05) is 11.4 Å². The fraction of sp³-hybridized carbons (Fsp3) is 0.250. The van der Waals surface area contributed by atoms with Gasteiger partial charge in [-0.1, -0.05) is 49.0 Å². The lowest BCUT2D eigenvalue weighted by molar-refractivity contribution is -0.137. The number of alkyl halides is 3. The second kappa shape index (κ2) is 10.9. The molecule has 3 heterocycles. The highest BCUT2D eigenvalue weighted by atomic mass is 32.1. The number of halogens is 3. The van der Waals surface area contributed by atoms with E-state index in [0.717, 1.165) is 38.4 Å². The first-order valence-electron chi connectivity index (χ1n) is 12.1. The van der Waals surface area contributed by atoms with Crippen LogP contribution in [0.5, 0.6) is 0 Å². The summed E-state index contributed by atoms with van der Waals surface area (Å²) in [7, 11) is 0. The van der Waals surface area contributed by atoms with E-state index >= 15 is 0 Å². The van der Waals surface area contributed by atoms with Crippen LogP contribution in [0.3, 0.4) is 0 Å². The molecule has 1 aliphatic rings. The van der Waals surface area contributed by atoms with Crippen molar-refractivity contribution in [1.29, 1.82) is 0 Å². The summed E-state index contributed by atoms with van der Waals surface area (Å²) in [5.74, 6) is 0.592. The minimum atomic E-state index is -4.37. The number of amides is 1. The number of aromatic nitrogens is 2. The number of hydrogen-bond donors (Lipinski definition) is 1. The molecule has 0 fully saturated rings. The van der Waals surface area contributed by atoms with Crippen molar-refractivity contribution in [2.45, 2.75) is 31.8 Å². The van der Waals surface area contributed by atoms with E-state index in [9.17, 15) is 18.0 Å². The summed E-state index contributed by atoms with van der Waals surface area (Å²) in [6.07, 6.45) is -0.826. The van der Waals surface area contributed by atoms with Gasteiger partial charge in [-0.15, -0.1) is 11.3 Å². The van der Waals surface area contributed by atoms with Gasteiger partial charge in [-0.3, -0.25) is 4.79 Å². The number of hydrogen-bond acceptors (Lipinski definition) is 6. The molecule has 1 N–H and O–H groups in total. The molecular weight excluding hydrogens is 513 g/mol. The summed E-state index contributed by atoms with van der Waals surface area (Å²) in [5, 5.41) is 4.47. The second-order valence-electron chi connectivity index (χ2n) is 8.94. The van der Waals surface area contributed by atoms with E-state index in [1.54, 1.807) is 16.2 Å². The van der Waals surface area contributed by atoms with Gasteiger partial charge in [0.05, 0.1) is 36.8 Å². The first-order valence-corrected chi connectivity index (χ1v) is 12.9. The van der Waals surface area contributed by atoms with Crippen LogP contribution in [0.4, 0.5) is 19.0 Å². The summed E-state index contributed by atoms with van der Waals surface area (Å²) >= 11 is 1.56. The van der Waals surface area contributed by atoms with Crippen molar-refractivity contribution in [3.63, 3.8) is 0 Å². The largest absolute Gasteiger partial charge is 0.416 e. The number of nitrogens with zero attached hydrogens (tertiary/aromatic N) is 3. The van der Waals surface area contributed by atoms with Crippen molar-refractivity contribution < 1.29 is 22.7 Å². The number of carbonyl (C=O) groups excluding carboxylic acids is 1. The van der Waals surface area contributed by atoms with Gasteiger partial charge in [0.25, 0.3) is 0 Å². The van der Waals surface area contributed by atoms with Crippen LogP contribution in [-0.2, 0) is 35.3 Å². The van der Waals surface area contributed by atoms with E-state index in [1.807, 2.05) is 30.3 Å². The first-order chi connectivity index (χ1) is 18.3. The van der Waals surface area contributed by atoms with E-state index in [0.29, 0.717) is 30.9 Å². The average Bonchev–Trinajstić information content (AvgIpc) is 3.31. The molecular formula is C28H25F3N4O2S. The molecule has 6 nitrogen and oxygen atoms in total. The number of ether oxygens (including phenoxy) is 1. The summed E-state index contributed by atoms with van der Waals surface area (Å²) in [4.78, 5) is 24.9. The highest BCUT2D eigenvalue weighted by molar-refractivity contribution is 7.19. The van der Waals surface area contributed by atoms with Crippen molar-refractivity contribution in [3.8, 4) is 0 Å². The van der Waals surface area contributed by atoms with Crippen LogP contribution in [0.15, 0.2) is 73.6 Å². The summed E-state index contributed by atoms with van der Waals surface area (Å²) in [6.45, 7) is 5.14. The molecule has 0 spiro atoms. The molecule has 1 amide bonds. The zero-order valence-electron chi connectivity index (χ0n) is 20.4. The number of benzene rings is 2. The Morgan fingerprint density at radius 3 is 2.63 bits per heavy atom. The third-order valence-electron chi connectivity index (χ3n) is 6.47. The Labute approximate surface area is 221 Å². The normalized spacial score (nSPS) is 14.2. The van der Waals surface area contributed by atoms with Crippen molar-refractivity contribution in [2.24, 2.45) is 0 Å². The topological polar surface area (TPSA) is 67.4 Å². The molecule has 38 heavy (non-hydrogen) atoms. The maximum atomic E-state index is 12.9. The van der Waals surface area contributed by atoms with Crippen LogP contribution < -0.4 is 5.32 Å². The van der Waals surface area contributed by atoms with Gasteiger partial charge >= 0.3 is 6.18 Å². The average molecular weight is 539 g/mol. The number of nitrogens with one attached hydrogen (secondary N) is 1. The summed E-state index contributed by atoms with van der Waals surface area (Å²) in [6, 6.07) is 14.5. The molecule has 1 aliphatic heterocycles. The lowest BCUT2D eigenvalue weighted by Crippen LogP contribution is -2.34. The number of fused-ring (bicyclic) bond motifs is 3. The first kappa shape index (κ1) is 25.9. The predicted molar refractivity (Wildman–Crippen MR) is 141 cm³/mol. The lowest BCUT2D eigenvalue weighted by Gasteiger charge is -2.26. The quantitative estimate of drug-likeness (QED) is 0.273. The van der Waals surface area contributed by atoms with Gasteiger partial charge in [-0.25, -0.2) is 9.97 Å². The molecule has 0 aliphatic carbocycles. The fourth-order valence-corrected chi connectivity index (χ4v) is 5.71. The predicted octanol–water partition coefficient (Wildman–Crippen LogP) is 6.15. The van der Waals surface area contributed by atoms with Crippen molar-refractivity contribution >= 4 is 33.3 Å². The maximum Gasteiger partial charge on any atom is 0.416 e. The molecule has 196 valence electrons. The Hall–Kier alpha value is -3.76. The molecule has 0 radical (unpaired) electrons. The standard InChI is InChI=1S/C28H25F3N4O2S/c1-2-24(36)35-13-12-21-23(14-35)38-27-25(21)26(32-17-33-27)34-22(19-6-4-3-5-7-19)16-37-15-18-8-10-20(11-9-18)28(29,30)31/h2-11,17,22H,1,12-16H2,(H,32,33,34). The van der Waals surface area contributed by atoms with Gasteiger partial charge in [-0.05, 0) is 41.3 Å². The molecule has 4 aromatic rings. The van der Waals surface area contributed by atoms with E-state index in [1.165, 1.54) is 24.5 Å². The van der Waals surface area contributed by atoms with Crippen LogP contribution in [0, 0.1) is 0 Å². The van der Waals surface area contributed by atoms with Crippen molar-refractivity contribution in [3.05, 3.63) is 101 Å². The van der Waals surface area contributed by atoms with E-state index in [4.69, 9.17) is 4.74 Å². The van der Waals surface area contributed by atoms with E-state index in [-0.39, 0.29) is 25.2 Å². The number of anilines is 1. The van der Waals surface area contributed by atoms with Crippen LogP contribution in [0.2, 0.25) is 0 Å². The Morgan fingerprint density at radius 1 is 1.16 bits per heavy atom. The highest BCUT2D eigenvalue weighted by Gasteiger charge is 2.30. The SMILES string of the molecule is C=CC(=O)N1CCc2c(sc3ncnc(NC(COCc4ccc(C(F)(F)F)cc4)c4ccccc4)c23)C1. The van der Waals surface area contributed by atoms with Crippen LogP contribution >= 0.6 is 11.3 Å². The van der Waals surface area contributed by atoms with Crippen LogP contribution in [-0.4, -0.2) is 33.9 Å². The molecule has 5 rings (SSSR count). The Balaban J connectivity index is 1.36. The van der Waals surface area contributed by atoms with E-state index in [2.05, 4.69) is 21.9 Å². The second-order valence-corrected chi connectivity index (χ2v) is 10.0. The molecule has 0 saturated carbocycles. The molecule has 2 aromatic carbocycles. The van der Waals surface area contributed by atoms with Gasteiger partial charge in [0.15, 0.2) is 0 Å². The Bertz CT molecular complexity index is 1440. The number of carbonyl (C=O) groups is 1.